The lowest BCUT2D eigenvalue weighted by Crippen LogP contribution is -2.33. The topological polar surface area (TPSA) is 78.5 Å². The van der Waals surface area contributed by atoms with Crippen LogP contribution in [0.15, 0.2) is 44.5 Å². The number of carbonyl (C=O) groups is 1. The summed E-state index contributed by atoms with van der Waals surface area (Å²) in [5.41, 5.74) is 2.17. The summed E-state index contributed by atoms with van der Waals surface area (Å²) >= 11 is 0. The highest BCUT2D eigenvalue weighted by Crippen LogP contribution is 2.36. The van der Waals surface area contributed by atoms with Gasteiger partial charge in [0.2, 0.25) is 0 Å². The average molecular weight is 351 g/mol. The van der Waals surface area contributed by atoms with Crippen molar-refractivity contribution in [2.45, 2.75) is 26.2 Å². The number of pyridine rings is 1. The van der Waals surface area contributed by atoms with Gasteiger partial charge in [0.15, 0.2) is 5.43 Å². The molecule has 0 saturated heterocycles. The Morgan fingerprint density at radius 3 is 2.65 bits per heavy atom. The predicted octanol–water partition coefficient (Wildman–Crippen LogP) is 2.55. The summed E-state index contributed by atoms with van der Waals surface area (Å²) in [5, 5.41) is 0.437. The Kier molecular flexibility index (Phi) is 3.57. The Bertz CT molecular complexity index is 1190. The fraction of sp³-hybridized carbons (Fsp3) is 0.250. The van der Waals surface area contributed by atoms with E-state index in [4.69, 9.17) is 9.15 Å². The summed E-state index contributed by atoms with van der Waals surface area (Å²) in [6.07, 6.45) is 1.28. The third kappa shape index (κ3) is 2.37. The third-order valence-corrected chi connectivity index (χ3v) is 4.94. The maximum absolute atomic E-state index is 13.0. The largest absolute Gasteiger partial charge is 0.464 e. The van der Waals surface area contributed by atoms with Crippen LogP contribution in [0.25, 0.3) is 11.0 Å². The van der Waals surface area contributed by atoms with E-state index >= 15 is 0 Å². The van der Waals surface area contributed by atoms with Gasteiger partial charge < -0.3 is 13.7 Å². The predicted molar refractivity (Wildman–Crippen MR) is 95.7 cm³/mol. The van der Waals surface area contributed by atoms with Gasteiger partial charge in [0.1, 0.15) is 11.3 Å². The molecule has 3 aromatic rings. The van der Waals surface area contributed by atoms with E-state index in [0.29, 0.717) is 27.8 Å². The van der Waals surface area contributed by atoms with E-state index in [1.807, 2.05) is 13.0 Å². The van der Waals surface area contributed by atoms with E-state index in [9.17, 15) is 14.4 Å². The van der Waals surface area contributed by atoms with Crippen LogP contribution in [-0.4, -0.2) is 10.5 Å². The van der Waals surface area contributed by atoms with Crippen LogP contribution in [0.4, 0.5) is 0 Å². The zero-order chi connectivity index (χ0) is 18.6. The minimum atomic E-state index is -0.688. The number of rotatable bonds is 1. The SMILES string of the molecule is Cc1ccc2occ([C@@H]3CC(=O)Oc4cc(C)n(C)c(=O)c43)c(=O)c2c1. The van der Waals surface area contributed by atoms with Crippen LogP contribution in [0.1, 0.15) is 34.7 Å². The van der Waals surface area contributed by atoms with Gasteiger partial charge in [-0.3, -0.25) is 14.4 Å². The maximum atomic E-state index is 13.0. The van der Waals surface area contributed by atoms with Crippen molar-refractivity contribution in [2.75, 3.05) is 0 Å². The first-order valence-electron chi connectivity index (χ1n) is 8.30. The zero-order valence-electron chi connectivity index (χ0n) is 14.7. The quantitative estimate of drug-likeness (QED) is 0.630. The van der Waals surface area contributed by atoms with Gasteiger partial charge in [-0.25, -0.2) is 0 Å². The molecular formula is C20H17NO5. The van der Waals surface area contributed by atoms with Crippen LogP contribution in [0, 0.1) is 13.8 Å². The lowest BCUT2D eigenvalue weighted by atomic mass is 9.87. The highest BCUT2D eigenvalue weighted by atomic mass is 16.5. The van der Waals surface area contributed by atoms with E-state index in [1.54, 1.807) is 32.2 Å². The monoisotopic (exact) mass is 351 g/mol. The van der Waals surface area contributed by atoms with E-state index in [0.717, 1.165) is 5.56 Å². The standard InChI is InChI=1S/C20H17NO5/c1-10-4-5-15-13(6-10)19(23)14(9-25-15)12-8-17(22)26-16-7-11(2)21(3)20(24)18(12)16/h4-7,9,12H,8H2,1-3H3/t12-/m0/s1. The van der Waals surface area contributed by atoms with Gasteiger partial charge in [-0.2, -0.15) is 0 Å². The second-order valence-corrected chi connectivity index (χ2v) is 6.68. The molecule has 0 fully saturated rings. The van der Waals surface area contributed by atoms with Crippen LogP contribution >= 0.6 is 0 Å². The fourth-order valence-corrected chi connectivity index (χ4v) is 3.41. The first-order chi connectivity index (χ1) is 12.4. The molecule has 0 saturated carbocycles. The summed E-state index contributed by atoms with van der Waals surface area (Å²) in [4.78, 5) is 37.9. The second-order valence-electron chi connectivity index (χ2n) is 6.68. The molecule has 1 atom stereocenters. The van der Waals surface area contributed by atoms with Gasteiger partial charge in [0, 0.05) is 30.3 Å². The van der Waals surface area contributed by atoms with Crippen molar-refractivity contribution >= 4 is 16.9 Å². The number of fused-ring (bicyclic) bond motifs is 2. The number of ether oxygens (including phenoxy) is 1. The molecule has 0 bridgehead atoms. The molecule has 0 N–H and O–H groups in total. The number of aromatic nitrogens is 1. The minimum absolute atomic E-state index is 0.0760. The van der Waals surface area contributed by atoms with Crippen LogP contribution in [-0.2, 0) is 11.8 Å². The van der Waals surface area contributed by atoms with Gasteiger partial charge in [-0.15, -0.1) is 0 Å². The second kappa shape index (κ2) is 5.69. The molecule has 3 heterocycles. The van der Waals surface area contributed by atoms with Crippen LogP contribution in [0.2, 0.25) is 0 Å². The summed E-state index contributed by atoms with van der Waals surface area (Å²) in [6, 6.07) is 6.99. The van der Waals surface area contributed by atoms with Gasteiger partial charge in [0.25, 0.3) is 5.56 Å². The minimum Gasteiger partial charge on any atom is -0.464 e. The zero-order valence-corrected chi connectivity index (χ0v) is 14.7. The molecule has 0 radical (unpaired) electrons. The van der Waals surface area contributed by atoms with Crippen molar-refractivity contribution in [3.63, 3.8) is 0 Å². The molecule has 1 aromatic carbocycles. The number of aryl methyl sites for hydroxylation is 2. The summed E-state index contributed by atoms with van der Waals surface area (Å²) in [6.45, 7) is 3.64. The molecule has 26 heavy (non-hydrogen) atoms. The summed E-state index contributed by atoms with van der Waals surface area (Å²) < 4.78 is 12.4. The number of nitrogens with zero attached hydrogens (tertiary/aromatic N) is 1. The van der Waals surface area contributed by atoms with Crippen LogP contribution in [0.5, 0.6) is 5.75 Å². The molecule has 6 nitrogen and oxygen atoms in total. The Labute approximate surface area is 148 Å². The van der Waals surface area contributed by atoms with Gasteiger partial charge in [0.05, 0.1) is 23.6 Å². The van der Waals surface area contributed by atoms with Gasteiger partial charge in [-0.1, -0.05) is 11.6 Å². The first-order valence-corrected chi connectivity index (χ1v) is 8.30. The maximum Gasteiger partial charge on any atom is 0.312 e. The molecular weight excluding hydrogens is 334 g/mol. The average Bonchev–Trinajstić information content (AvgIpc) is 2.60. The summed E-state index contributed by atoms with van der Waals surface area (Å²) in [5.74, 6) is -0.943. The Morgan fingerprint density at radius 1 is 1.12 bits per heavy atom. The van der Waals surface area contributed by atoms with Crippen molar-refractivity contribution in [3.05, 3.63) is 73.5 Å². The molecule has 1 aliphatic heterocycles. The smallest absolute Gasteiger partial charge is 0.312 e. The summed E-state index contributed by atoms with van der Waals surface area (Å²) in [7, 11) is 1.65. The lowest BCUT2D eigenvalue weighted by Gasteiger charge is -2.24. The van der Waals surface area contributed by atoms with Crippen molar-refractivity contribution in [1.29, 1.82) is 0 Å². The van der Waals surface area contributed by atoms with E-state index < -0.39 is 11.9 Å². The molecule has 4 rings (SSSR count). The molecule has 132 valence electrons. The number of esters is 1. The van der Waals surface area contributed by atoms with Crippen molar-refractivity contribution in [2.24, 2.45) is 7.05 Å². The number of benzene rings is 1. The Morgan fingerprint density at radius 2 is 1.88 bits per heavy atom. The highest BCUT2D eigenvalue weighted by Gasteiger charge is 2.34. The van der Waals surface area contributed by atoms with Crippen molar-refractivity contribution in [3.8, 4) is 5.75 Å². The fourth-order valence-electron chi connectivity index (χ4n) is 3.41. The highest BCUT2D eigenvalue weighted by molar-refractivity contribution is 5.80. The Hall–Kier alpha value is -3.15. The molecule has 0 aliphatic carbocycles. The van der Waals surface area contributed by atoms with Crippen LogP contribution in [0.3, 0.4) is 0 Å². The molecule has 1 aliphatic rings. The van der Waals surface area contributed by atoms with Gasteiger partial charge >= 0.3 is 5.97 Å². The number of hydrogen-bond donors (Lipinski definition) is 0. The van der Waals surface area contributed by atoms with Crippen molar-refractivity contribution in [1.82, 2.24) is 4.57 Å². The lowest BCUT2D eigenvalue weighted by molar-refractivity contribution is -0.135. The van der Waals surface area contributed by atoms with E-state index in [1.165, 1.54) is 10.8 Å². The Balaban J connectivity index is 2.01. The molecule has 6 heteroatoms. The molecule has 0 amide bonds. The third-order valence-electron chi connectivity index (χ3n) is 4.94. The normalized spacial score (nSPS) is 16.4. The number of carbonyl (C=O) groups excluding carboxylic acids is 1. The first kappa shape index (κ1) is 16.3. The van der Waals surface area contributed by atoms with Crippen molar-refractivity contribution < 1.29 is 13.9 Å². The number of hydrogen-bond acceptors (Lipinski definition) is 5. The van der Waals surface area contributed by atoms with E-state index in [-0.39, 0.29) is 23.2 Å². The molecule has 0 unspecified atom stereocenters. The molecule has 0 spiro atoms. The van der Waals surface area contributed by atoms with Crippen LogP contribution < -0.4 is 15.7 Å². The van der Waals surface area contributed by atoms with Gasteiger partial charge in [-0.05, 0) is 26.0 Å². The molecule has 2 aromatic heterocycles. The van der Waals surface area contributed by atoms with E-state index in [2.05, 4.69) is 0 Å².